The van der Waals surface area contributed by atoms with Gasteiger partial charge in [0, 0.05) is 49.5 Å². The highest BCUT2D eigenvalue weighted by Crippen LogP contribution is 2.39. The summed E-state index contributed by atoms with van der Waals surface area (Å²) in [6, 6.07) is 55.5. The summed E-state index contributed by atoms with van der Waals surface area (Å²) in [7, 11) is 0. The minimum Gasteiger partial charge on any atom is -0.456 e. The molecule has 0 aliphatic heterocycles. The zero-order valence-electron chi connectivity index (χ0n) is 33.9. The first kappa shape index (κ1) is 27.9. The topological polar surface area (TPSA) is 56.7 Å². The molecule has 3 heterocycles. The Hall–Kier alpha value is -7.63. The third-order valence-corrected chi connectivity index (χ3v) is 10.4. The quantitative estimate of drug-likeness (QED) is 0.172. The zero-order valence-corrected chi connectivity index (χ0v) is 29.9. The van der Waals surface area contributed by atoms with Gasteiger partial charge in [0.2, 0.25) is 0 Å². The second-order valence-corrected chi connectivity index (χ2v) is 13.7. The van der Waals surface area contributed by atoms with Gasteiger partial charge in [0.05, 0.1) is 16.5 Å². The number of rotatable bonds is 6. The number of furan rings is 1. The molecule has 0 atom stereocenters. The Bertz CT molecular complexity index is 3460. The molecule has 0 saturated carbocycles. The van der Waals surface area contributed by atoms with E-state index in [-0.39, 0.29) is 24.2 Å². The molecule has 262 valence electrons. The second-order valence-electron chi connectivity index (χ2n) is 13.7. The summed E-state index contributed by atoms with van der Waals surface area (Å²) in [5.41, 5.74) is 9.96. The second kappa shape index (κ2) is 13.0. The predicted octanol–water partition coefficient (Wildman–Crippen LogP) is 13.2. The number of benzene rings is 8. The van der Waals surface area contributed by atoms with Crippen LogP contribution in [0.5, 0.6) is 0 Å². The maximum atomic E-state index is 9.17. The molecule has 0 aliphatic rings. The molecular formula is C51H32N4O. The molecule has 0 radical (unpaired) electrons. The summed E-state index contributed by atoms with van der Waals surface area (Å²) >= 11 is 0. The van der Waals surface area contributed by atoms with Crippen molar-refractivity contribution in [3.63, 3.8) is 0 Å². The van der Waals surface area contributed by atoms with Gasteiger partial charge in [-0.25, -0.2) is 15.0 Å². The van der Waals surface area contributed by atoms with E-state index in [0.29, 0.717) is 28.4 Å². The molecule has 0 bridgehead atoms. The lowest BCUT2D eigenvalue weighted by Crippen LogP contribution is -2.00. The van der Waals surface area contributed by atoms with Crippen molar-refractivity contribution in [2.24, 2.45) is 0 Å². The fourth-order valence-corrected chi connectivity index (χ4v) is 7.71. The number of hydrogen-bond donors (Lipinski definition) is 0. The fraction of sp³-hybridized carbons (Fsp3) is 0. The summed E-state index contributed by atoms with van der Waals surface area (Å²) in [4.78, 5) is 14.9. The standard InChI is InChI=1S/C51H32N4O/c1-3-12-33(13-4-1)34-22-24-35(25-23-34)40-18-11-19-44-41-16-7-9-20-45(41)55(48(40)44)39-29-26-37(27-30-39)50-52-49(36-14-5-2-6-15-36)53-51(54-50)38-28-31-43-42-17-8-10-21-46(42)56-47(43)32-38/h1-32H/i7D,9D,16D,20D. The van der Waals surface area contributed by atoms with Crippen LogP contribution in [0.25, 0.3) is 106 Å². The first-order valence-corrected chi connectivity index (χ1v) is 18.4. The van der Waals surface area contributed by atoms with Crippen molar-refractivity contribution in [3.8, 4) is 62.1 Å². The van der Waals surface area contributed by atoms with Crippen molar-refractivity contribution in [3.05, 3.63) is 194 Å². The van der Waals surface area contributed by atoms with Crippen molar-refractivity contribution >= 4 is 43.7 Å². The molecule has 0 N–H and O–H groups in total. The number of nitrogens with zero attached hydrogens (tertiary/aromatic N) is 4. The van der Waals surface area contributed by atoms with Gasteiger partial charge in [0.25, 0.3) is 0 Å². The average molecular weight is 721 g/mol. The third kappa shape index (κ3) is 5.37. The highest BCUT2D eigenvalue weighted by Gasteiger charge is 2.18. The monoisotopic (exact) mass is 720 g/mol. The Labute approximate surface area is 328 Å². The lowest BCUT2D eigenvalue weighted by atomic mass is 9.98. The highest BCUT2D eigenvalue weighted by atomic mass is 16.3. The van der Waals surface area contributed by atoms with E-state index in [2.05, 4.69) is 42.5 Å². The Balaban J connectivity index is 1.08. The third-order valence-electron chi connectivity index (χ3n) is 10.4. The first-order chi connectivity index (χ1) is 29.4. The van der Waals surface area contributed by atoms with Crippen molar-refractivity contribution < 1.29 is 9.90 Å². The molecule has 0 aliphatic carbocycles. The molecule has 56 heavy (non-hydrogen) atoms. The average Bonchev–Trinajstić information content (AvgIpc) is 3.87. The molecule has 5 nitrogen and oxygen atoms in total. The van der Waals surface area contributed by atoms with E-state index in [4.69, 9.17) is 23.5 Å². The summed E-state index contributed by atoms with van der Waals surface area (Å²) in [6.07, 6.45) is 0. The Morgan fingerprint density at radius 2 is 0.964 bits per heavy atom. The minimum atomic E-state index is -0.283. The lowest BCUT2D eigenvalue weighted by molar-refractivity contribution is 0.669. The first-order valence-electron chi connectivity index (χ1n) is 20.4. The molecule has 0 saturated heterocycles. The van der Waals surface area contributed by atoms with Gasteiger partial charge in [-0.05, 0) is 65.2 Å². The SMILES string of the molecule is [2H]c1c([2H])c([2H])c2c(c1[2H])c1cccc(-c3ccc(-c4ccccc4)cc3)c1n2-c1ccc(-c2nc(-c3ccccc3)nc(-c3ccc4c(c3)oc3ccccc34)n2)cc1. The van der Waals surface area contributed by atoms with E-state index in [0.717, 1.165) is 77.5 Å². The van der Waals surface area contributed by atoms with E-state index < -0.39 is 0 Å². The normalized spacial score (nSPS) is 12.6. The van der Waals surface area contributed by atoms with E-state index in [1.165, 1.54) is 0 Å². The van der Waals surface area contributed by atoms with Gasteiger partial charge in [-0.2, -0.15) is 0 Å². The molecule has 3 aromatic heterocycles. The number of aromatic nitrogens is 4. The zero-order chi connectivity index (χ0) is 40.5. The summed E-state index contributed by atoms with van der Waals surface area (Å²) in [5, 5.41) is 3.28. The van der Waals surface area contributed by atoms with Crippen LogP contribution in [0.3, 0.4) is 0 Å². The maximum absolute atomic E-state index is 9.17. The molecule has 5 heteroatoms. The van der Waals surface area contributed by atoms with Crippen LogP contribution < -0.4 is 0 Å². The van der Waals surface area contributed by atoms with Crippen LogP contribution in [-0.2, 0) is 0 Å². The lowest BCUT2D eigenvalue weighted by Gasteiger charge is -2.13. The molecular weight excluding hydrogens is 685 g/mol. The van der Waals surface area contributed by atoms with Crippen molar-refractivity contribution in [1.29, 1.82) is 0 Å². The van der Waals surface area contributed by atoms with Crippen molar-refractivity contribution in [2.75, 3.05) is 0 Å². The minimum absolute atomic E-state index is 0.0741. The molecule has 0 unspecified atom stereocenters. The predicted molar refractivity (Wildman–Crippen MR) is 229 cm³/mol. The Morgan fingerprint density at radius 1 is 0.411 bits per heavy atom. The van der Waals surface area contributed by atoms with Gasteiger partial charge < -0.3 is 8.98 Å². The van der Waals surface area contributed by atoms with Gasteiger partial charge in [-0.3, -0.25) is 0 Å². The van der Waals surface area contributed by atoms with Crippen LogP contribution in [0.4, 0.5) is 0 Å². The van der Waals surface area contributed by atoms with Gasteiger partial charge in [0.1, 0.15) is 11.2 Å². The molecule has 0 spiro atoms. The smallest absolute Gasteiger partial charge is 0.164 e. The Morgan fingerprint density at radius 3 is 1.73 bits per heavy atom. The van der Waals surface area contributed by atoms with Crippen molar-refractivity contribution in [2.45, 2.75) is 0 Å². The maximum Gasteiger partial charge on any atom is 0.164 e. The van der Waals surface area contributed by atoms with Crippen LogP contribution >= 0.6 is 0 Å². The summed E-state index contributed by atoms with van der Waals surface area (Å²) < 4.78 is 43.7. The van der Waals surface area contributed by atoms with Crippen LogP contribution in [-0.4, -0.2) is 19.5 Å². The van der Waals surface area contributed by atoms with E-state index in [1.807, 2.05) is 132 Å². The van der Waals surface area contributed by atoms with Crippen LogP contribution in [0.1, 0.15) is 5.48 Å². The number of fused-ring (bicyclic) bond motifs is 6. The molecule has 0 fully saturated rings. The van der Waals surface area contributed by atoms with Gasteiger partial charge >= 0.3 is 0 Å². The number of para-hydroxylation sites is 3. The van der Waals surface area contributed by atoms with E-state index in [1.54, 1.807) is 0 Å². The molecule has 11 rings (SSSR count). The summed E-state index contributed by atoms with van der Waals surface area (Å²) in [6.45, 7) is 0. The summed E-state index contributed by atoms with van der Waals surface area (Å²) in [5.74, 6) is 1.52. The van der Waals surface area contributed by atoms with Crippen LogP contribution in [0, 0.1) is 0 Å². The van der Waals surface area contributed by atoms with Gasteiger partial charge in [-0.1, -0.05) is 146 Å². The molecule has 11 aromatic rings. The van der Waals surface area contributed by atoms with Gasteiger partial charge in [-0.15, -0.1) is 0 Å². The number of hydrogen-bond acceptors (Lipinski definition) is 4. The molecule has 0 amide bonds. The molecule has 8 aromatic carbocycles. The fourth-order valence-electron chi connectivity index (χ4n) is 7.71. The largest absolute Gasteiger partial charge is 0.456 e. The Kier molecular flexibility index (Phi) is 6.50. The van der Waals surface area contributed by atoms with Gasteiger partial charge in [0.15, 0.2) is 17.5 Å². The van der Waals surface area contributed by atoms with Crippen molar-refractivity contribution in [1.82, 2.24) is 19.5 Å². The van der Waals surface area contributed by atoms with E-state index >= 15 is 0 Å². The van der Waals surface area contributed by atoms with Crippen LogP contribution in [0.2, 0.25) is 0 Å². The highest BCUT2D eigenvalue weighted by molar-refractivity contribution is 6.14. The van der Waals surface area contributed by atoms with E-state index in [9.17, 15) is 1.37 Å². The van der Waals surface area contributed by atoms with Crippen LogP contribution in [0.15, 0.2) is 198 Å².